The highest BCUT2D eigenvalue weighted by molar-refractivity contribution is 6.00. The van der Waals surface area contributed by atoms with Gasteiger partial charge in [-0.1, -0.05) is 0 Å². The lowest BCUT2D eigenvalue weighted by Crippen LogP contribution is -2.64. The monoisotopic (exact) mass is 374 g/mol. The molecule has 0 bridgehead atoms. The topological polar surface area (TPSA) is 89.2 Å². The molecule has 0 radical (unpaired) electrons. The van der Waals surface area contributed by atoms with Gasteiger partial charge in [0.2, 0.25) is 5.91 Å². The minimum absolute atomic E-state index is 0.0216. The molecule has 4 rings (SSSR count). The zero-order valence-electron chi connectivity index (χ0n) is 15.6. The van der Waals surface area contributed by atoms with Gasteiger partial charge in [0.1, 0.15) is 18.0 Å². The van der Waals surface area contributed by atoms with E-state index in [-0.39, 0.29) is 24.3 Å². The Kier molecular flexibility index (Phi) is 4.90. The number of hydrogen-bond acceptors (Lipinski definition) is 7. The average Bonchev–Trinajstić information content (AvgIpc) is 3.11. The Labute approximate surface area is 158 Å². The molecule has 3 aliphatic rings. The van der Waals surface area contributed by atoms with Crippen LogP contribution < -0.4 is 25.6 Å². The molecule has 3 aliphatic heterocycles. The summed E-state index contributed by atoms with van der Waals surface area (Å²) in [7, 11) is 3.37. The molecule has 1 aromatic carbocycles. The fourth-order valence-corrected chi connectivity index (χ4v) is 3.96. The highest BCUT2D eigenvalue weighted by atomic mass is 16.5. The number of anilines is 1. The molecule has 146 valence electrons. The van der Waals surface area contributed by atoms with E-state index >= 15 is 0 Å². The minimum Gasteiger partial charge on any atom is -0.497 e. The number of methoxy groups -OCH3 is 1. The number of ether oxygens (including phenoxy) is 1. The number of amides is 3. The molecule has 0 saturated carbocycles. The van der Waals surface area contributed by atoms with Crippen molar-refractivity contribution in [2.75, 3.05) is 51.8 Å². The molecular formula is C18H26N6O3. The lowest BCUT2D eigenvalue weighted by molar-refractivity contribution is -0.124. The SMILES string of the molecule is COc1ccc(N2CCN(CC3NC4C(=O)NC(=O)N(C)C4N3)CC2)cc1. The van der Waals surface area contributed by atoms with E-state index in [0.29, 0.717) is 0 Å². The molecule has 3 fully saturated rings. The van der Waals surface area contributed by atoms with Gasteiger partial charge in [0, 0.05) is 45.5 Å². The predicted octanol–water partition coefficient (Wildman–Crippen LogP) is -0.788. The Bertz CT molecular complexity index is 704. The molecule has 3 amide bonds. The van der Waals surface area contributed by atoms with Crippen molar-refractivity contribution in [2.24, 2.45) is 0 Å². The minimum atomic E-state index is -0.404. The van der Waals surface area contributed by atoms with Crippen LogP contribution in [0.1, 0.15) is 0 Å². The number of piperazine rings is 1. The zero-order valence-corrected chi connectivity index (χ0v) is 15.6. The molecule has 3 heterocycles. The van der Waals surface area contributed by atoms with Gasteiger partial charge in [0.05, 0.1) is 13.3 Å². The summed E-state index contributed by atoms with van der Waals surface area (Å²) >= 11 is 0. The maximum Gasteiger partial charge on any atom is 0.325 e. The van der Waals surface area contributed by atoms with Gasteiger partial charge in [-0.2, -0.15) is 0 Å². The Morgan fingerprint density at radius 2 is 1.78 bits per heavy atom. The van der Waals surface area contributed by atoms with Crippen molar-refractivity contribution >= 4 is 17.6 Å². The first-order valence-electron chi connectivity index (χ1n) is 9.26. The normalized spacial score (nSPS) is 28.9. The number of likely N-dealkylation sites (N-methyl/N-ethyl adjacent to an activating group) is 1. The van der Waals surface area contributed by atoms with Crippen molar-refractivity contribution in [3.05, 3.63) is 24.3 Å². The van der Waals surface area contributed by atoms with Gasteiger partial charge < -0.3 is 14.5 Å². The summed E-state index contributed by atoms with van der Waals surface area (Å²) in [4.78, 5) is 30.1. The summed E-state index contributed by atoms with van der Waals surface area (Å²) in [5.74, 6) is 0.604. The molecule has 3 N–H and O–H groups in total. The highest BCUT2D eigenvalue weighted by Gasteiger charge is 2.46. The van der Waals surface area contributed by atoms with Crippen LogP contribution in [0, 0.1) is 0 Å². The third-order valence-corrected chi connectivity index (χ3v) is 5.57. The first-order valence-corrected chi connectivity index (χ1v) is 9.26. The molecule has 3 atom stereocenters. The fourth-order valence-electron chi connectivity index (χ4n) is 3.96. The van der Waals surface area contributed by atoms with Crippen LogP contribution in [-0.4, -0.2) is 87.0 Å². The number of urea groups is 1. The Balaban J connectivity index is 1.29. The van der Waals surface area contributed by atoms with E-state index < -0.39 is 6.04 Å². The number of imide groups is 1. The number of hydrogen-bond donors (Lipinski definition) is 3. The second kappa shape index (κ2) is 7.34. The summed E-state index contributed by atoms with van der Waals surface area (Å²) in [5, 5.41) is 9.05. The van der Waals surface area contributed by atoms with Gasteiger partial charge in [-0.3, -0.25) is 25.6 Å². The van der Waals surface area contributed by atoms with Crippen molar-refractivity contribution in [3.8, 4) is 5.75 Å². The maximum absolute atomic E-state index is 12.0. The zero-order chi connectivity index (χ0) is 19.0. The van der Waals surface area contributed by atoms with Gasteiger partial charge >= 0.3 is 6.03 Å². The molecule has 0 spiro atoms. The van der Waals surface area contributed by atoms with E-state index in [0.717, 1.165) is 38.5 Å². The Morgan fingerprint density at radius 3 is 2.44 bits per heavy atom. The first kappa shape index (κ1) is 18.0. The van der Waals surface area contributed by atoms with Gasteiger partial charge in [-0.15, -0.1) is 0 Å². The van der Waals surface area contributed by atoms with Crippen molar-refractivity contribution in [3.63, 3.8) is 0 Å². The van der Waals surface area contributed by atoms with Crippen molar-refractivity contribution in [2.45, 2.75) is 18.4 Å². The maximum atomic E-state index is 12.0. The number of rotatable bonds is 4. The molecule has 1 aromatic rings. The first-order chi connectivity index (χ1) is 13.0. The molecule has 0 aliphatic carbocycles. The second-order valence-electron chi connectivity index (χ2n) is 7.20. The largest absolute Gasteiger partial charge is 0.497 e. The molecule has 3 saturated heterocycles. The summed E-state index contributed by atoms with van der Waals surface area (Å²) in [6.07, 6.45) is -0.316. The predicted molar refractivity (Wildman–Crippen MR) is 101 cm³/mol. The Hall–Kier alpha value is -2.36. The molecule has 27 heavy (non-hydrogen) atoms. The van der Waals surface area contributed by atoms with Gasteiger partial charge in [-0.05, 0) is 24.3 Å². The van der Waals surface area contributed by atoms with Crippen LogP contribution in [0.5, 0.6) is 5.75 Å². The van der Waals surface area contributed by atoms with Crippen molar-refractivity contribution in [1.29, 1.82) is 0 Å². The molecule has 9 heteroatoms. The smallest absolute Gasteiger partial charge is 0.325 e. The lowest BCUT2D eigenvalue weighted by Gasteiger charge is -2.37. The number of nitrogens with one attached hydrogen (secondary N) is 3. The number of nitrogens with zero attached hydrogens (tertiary/aromatic N) is 3. The highest BCUT2D eigenvalue weighted by Crippen LogP contribution is 2.21. The number of benzene rings is 1. The fraction of sp³-hybridized carbons (Fsp3) is 0.556. The number of carbonyl (C=O) groups is 2. The van der Waals surface area contributed by atoms with Crippen molar-refractivity contribution < 1.29 is 14.3 Å². The quantitative estimate of drug-likeness (QED) is 0.637. The molecule has 9 nitrogen and oxygen atoms in total. The van der Waals surface area contributed by atoms with Crippen LogP contribution in [0.3, 0.4) is 0 Å². The van der Waals surface area contributed by atoms with E-state index in [1.807, 2.05) is 12.1 Å². The molecular weight excluding hydrogens is 348 g/mol. The van der Waals surface area contributed by atoms with E-state index in [1.165, 1.54) is 5.69 Å². The number of carbonyl (C=O) groups excluding carboxylic acids is 2. The van der Waals surface area contributed by atoms with E-state index in [4.69, 9.17) is 4.74 Å². The van der Waals surface area contributed by atoms with Gasteiger partial charge in [-0.25, -0.2) is 4.79 Å². The molecule has 0 aromatic heterocycles. The van der Waals surface area contributed by atoms with Crippen molar-refractivity contribution in [1.82, 2.24) is 25.8 Å². The van der Waals surface area contributed by atoms with Crippen LogP contribution in [0.4, 0.5) is 10.5 Å². The summed E-state index contributed by atoms with van der Waals surface area (Å²) in [6.45, 7) is 4.58. The third-order valence-electron chi connectivity index (χ3n) is 5.57. The Morgan fingerprint density at radius 1 is 1.07 bits per heavy atom. The van der Waals surface area contributed by atoms with Crippen LogP contribution in [0.2, 0.25) is 0 Å². The average molecular weight is 374 g/mol. The number of fused-ring (bicyclic) bond motifs is 1. The summed E-state index contributed by atoms with van der Waals surface area (Å²) < 4.78 is 5.22. The summed E-state index contributed by atoms with van der Waals surface area (Å²) in [6, 6.07) is 7.38. The van der Waals surface area contributed by atoms with E-state index in [1.54, 1.807) is 19.1 Å². The lowest BCUT2D eigenvalue weighted by atomic mass is 10.2. The van der Waals surface area contributed by atoms with Gasteiger partial charge in [0.25, 0.3) is 0 Å². The van der Waals surface area contributed by atoms with E-state index in [2.05, 4.69) is 37.9 Å². The third kappa shape index (κ3) is 3.58. The standard InChI is InChI=1S/C18H26N6O3/c1-22-16-15(17(25)21-18(22)26)19-14(20-16)11-23-7-9-24(10-8-23)12-3-5-13(27-2)6-4-12/h3-6,14-16,19-20H,7-11H2,1-2H3,(H,21,25,26). The van der Waals surface area contributed by atoms with Crippen LogP contribution in [0.25, 0.3) is 0 Å². The van der Waals surface area contributed by atoms with Crippen LogP contribution in [-0.2, 0) is 4.79 Å². The van der Waals surface area contributed by atoms with Crippen LogP contribution >= 0.6 is 0 Å². The second-order valence-corrected chi connectivity index (χ2v) is 7.20. The van der Waals surface area contributed by atoms with Gasteiger partial charge in [0.15, 0.2) is 0 Å². The molecule has 3 unspecified atom stereocenters. The summed E-state index contributed by atoms with van der Waals surface area (Å²) in [5.41, 5.74) is 1.20. The van der Waals surface area contributed by atoms with Crippen LogP contribution in [0.15, 0.2) is 24.3 Å². The van der Waals surface area contributed by atoms with E-state index in [9.17, 15) is 9.59 Å².